The minimum Gasteiger partial charge on any atom is -0.507 e. The van der Waals surface area contributed by atoms with Gasteiger partial charge in [-0.2, -0.15) is 0 Å². The topological polar surface area (TPSA) is 68.1 Å². The second-order valence-corrected chi connectivity index (χ2v) is 6.07. The molecule has 0 aromatic heterocycles. The molecule has 5 nitrogen and oxygen atoms in total. The summed E-state index contributed by atoms with van der Waals surface area (Å²) >= 11 is 0. The van der Waals surface area contributed by atoms with E-state index >= 15 is 0 Å². The Morgan fingerprint density at radius 1 is 1.12 bits per heavy atom. The molecule has 0 spiro atoms. The predicted octanol–water partition coefficient (Wildman–Crippen LogP) is 3.35. The van der Waals surface area contributed by atoms with Gasteiger partial charge in [-0.1, -0.05) is 42.5 Å². The number of carbonyl (C=O) groups is 1. The number of para-hydroxylation sites is 1. The number of nitrogens with zero attached hydrogens (tertiary/aromatic N) is 1. The van der Waals surface area contributed by atoms with Crippen LogP contribution in [0.15, 0.2) is 59.6 Å². The highest BCUT2D eigenvalue weighted by Gasteiger charge is 2.25. The Morgan fingerprint density at radius 2 is 1.80 bits per heavy atom. The summed E-state index contributed by atoms with van der Waals surface area (Å²) in [5, 5.41) is 9.84. The van der Waals surface area contributed by atoms with Crippen LogP contribution in [0.25, 0.3) is 0 Å². The Morgan fingerprint density at radius 3 is 2.48 bits per heavy atom. The number of hydrogen-bond donors (Lipinski definition) is 1. The van der Waals surface area contributed by atoms with Gasteiger partial charge in [0.2, 0.25) is 0 Å². The van der Waals surface area contributed by atoms with Crippen LogP contribution in [-0.2, 0) is 20.9 Å². The van der Waals surface area contributed by atoms with Crippen LogP contribution >= 0.6 is 0 Å². The first-order valence-electron chi connectivity index (χ1n) is 8.07. The fourth-order valence-electron chi connectivity index (χ4n) is 2.16. The maximum absolute atomic E-state index is 11.2. The first kappa shape index (κ1) is 18.7. The van der Waals surface area contributed by atoms with Crippen LogP contribution in [0.3, 0.4) is 0 Å². The smallest absolute Gasteiger partial charge is 0.302 e. The molecule has 1 N–H and O–H groups in total. The van der Waals surface area contributed by atoms with E-state index < -0.39 is 5.54 Å². The summed E-state index contributed by atoms with van der Waals surface area (Å²) in [6.07, 6.45) is 1.57. The van der Waals surface area contributed by atoms with Gasteiger partial charge in [0.1, 0.15) is 17.9 Å². The fourth-order valence-corrected chi connectivity index (χ4v) is 2.16. The van der Waals surface area contributed by atoms with Crippen LogP contribution < -0.4 is 0 Å². The van der Waals surface area contributed by atoms with Gasteiger partial charge in [0.15, 0.2) is 0 Å². The van der Waals surface area contributed by atoms with Gasteiger partial charge in [-0.25, -0.2) is 0 Å². The Hall–Kier alpha value is -2.66. The molecule has 2 aromatic rings. The van der Waals surface area contributed by atoms with Crippen molar-refractivity contribution in [2.45, 2.75) is 26.0 Å². The third kappa shape index (κ3) is 6.39. The Bertz CT molecular complexity index is 715. The molecule has 0 amide bonds. The first-order valence-corrected chi connectivity index (χ1v) is 8.07. The minimum absolute atomic E-state index is 0.0984. The summed E-state index contributed by atoms with van der Waals surface area (Å²) in [6.45, 7) is 4.03. The molecule has 5 heteroatoms. The minimum atomic E-state index is -0.747. The predicted molar refractivity (Wildman–Crippen MR) is 96.8 cm³/mol. The van der Waals surface area contributed by atoms with Crippen molar-refractivity contribution in [3.63, 3.8) is 0 Å². The van der Waals surface area contributed by atoms with Crippen LogP contribution in [0.2, 0.25) is 0 Å². The number of esters is 1. The Balaban J connectivity index is 2.04. The van der Waals surface area contributed by atoms with Gasteiger partial charge in [0.25, 0.3) is 0 Å². The maximum Gasteiger partial charge on any atom is 0.302 e. The van der Waals surface area contributed by atoms with Crippen LogP contribution in [-0.4, -0.2) is 36.0 Å². The summed E-state index contributed by atoms with van der Waals surface area (Å²) in [5.74, 6) is -0.224. The van der Waals surface area contributed by atoms with E-state index in [-0.39, 0.29) is 24.9 Å². The molecular weight excluding hydrogens is 318 g/mol. The number of aliphatic imine (C=N–C) groups is 1. The molecule has 0 heterocycles. The Labute approximate surface area is 147 Å². The lowest BCUT2D eigenvalue weighted by atomic mass is 10.1. The fraction of sp³-hybridized carbons (Fsp3) is 0.300. The third-order valence-corrected chi connectivity index (χ3v) is 3.56. The molecule has 0 aliphatic heterocycles. The van der Waals surface area contributed by atoms with Gasteiger partial charge in [-0.3, -0.25) is 9.79 Å². The van der Waals surface area contributed by atoms with Crippen molar-refractivity contribution in [3.8, 4) is 5.75 Å². The van der Waals surface area contributed by atoms with Crippen molar-refractivity contribution in [3.05, 3.63) is 65.7 Å². The van der Waals surface area contributed by atoms with Crippen molar-refractivity contribution in [2.75, 3.05) is 13.2 Å². The third-order valence-electron chi connectivity index (χ3n) is 3.56. The van der Waals surface area contributed by atoms with Gasteiger partial charge in [0.05, 0.1) is 13.2 Å². The highest BCUT2D eigenvalue weighted by Crippen LogP contribution is 2.17. The molecule has 0 saturated heterocycles. The molecule has 0 radical (unpaired) electrons. The summed E-state index contributed by atoms with van der Waals surface area (Å²) in [7, 11) is 0. The molecule has 0 bridgehead atoms. The van der Waals surface area contributed by atoms with E-state index in [1.54, 1.807) is 24.4 Å². The highest BCUT2D eigenvalue weighted by molar-refractivity contribution is 5.83. The second kappa shape index (κ2) is 8.99. The summed E-state index contributed by atoms with van der Waals surface area (Å²) in [6, 6.07) is 16.7. The number of carbonyl (C=O) groups excluding carboxylic acids is 1. The standard InChI is InChI=1S/C20H23NO4/c1-16(22)25-15-20(2,14-24-13-17-8-4-3-5-9-17)21-12-18-10-6-7-11-19(18)23/h3-12,23H,13-15H2,1-2H3. The average molecular weight is 341 g/mol. The average Bonchev–Trinajstić information content (AvgIpc) is 2.60. The lowest BCUT2D eigenvalue weighted by Crippen LogP contribution is -2.35. The summed E-state index contributed by atoms with van der Waals surface area (Å²) in [5.41, 5.74) is 0.907. The number of phenols is 1. The lowest BCUT2D eigenvalue weighted by molar-refractivity contribution is -0.143. The SMILES string of the molecule is CC(=O)OCC(C)(COCc1ccccc1)N=Cc1ccccc1O. The number of aromatic hydroxyl groups is 1. The molecule has 0 aliphatic rings. The van der Waals surface area contributed by atoms with Crippen LogP contribution in [0, 0.1) is 0 Å². The van der Waals surface area contributed by atoms with Crippen molar-refractivity contribution >= 4 is 12.2 Å². The quantitative estimate of drug-likeness (QED) is 0.590. The van der Waals surface area contributed by atoms with Gasteiger partial charge in [-0.05, 0) is 24.6 Å². The largest absolute Gasteiger partial charge is 0.507 e. The molecule has 132 valence electrons. The molecule has 2 rings (SSSR count). The first-order chi connectivity index (χ1) is 12.0. The van der Waals surface area contributed by atoms with E-state index in [4.69, 9.17) is 9.47 Å². The van der Waals surface area contributed by atoms with Crippen LogP contribution in [0.5, 0.6) is 5.75 Å². The number of hydrogen-bond acceptors (Lipinski definition) is 5. The molecule has 2 aromatic carbocycles. The zero-order valence-electron chi connectivity index (χ0n) is 14.5. The van der Waals surface area contributed by atoms with E-state index in [1.165, 1.54) is 6.92 Å². The molecule has 0 fully saturated rings. The van der Waals surface area contributed by atoms with Gasteiger partial charge in [-0.15, -0.1) is 0 Å². The van der Waals surface area contributed by atoms with E-state index in [0.29, 0.717) is 12.2 Å². The maximum atomic E-state index is 11.2. The molecule has 1 atom stereocenters. The Kier molecular flexibility index (Phi) is 6.71. The molecule has 25 heavy (non-hydrogen) atoms. The zero-order chi connectivity index (χ0) is 18.1. The van der Waals surface area contributed by atoms with E-state index in [0.717, 1.165) is 5.56 Å². The molecule has 0 aliphatic carbocycles. The van der Waals surface area contributed by atoms with Gasteiger partial charge < -0.3 is 14.6 Å². The number of phenolic OH excluding ortho intramolecular Hbond substituents is 1. The van der Waals surface area contributed by atoms with Crippen LogP contribution in [0.4, 0.5) is 0 Å². The summed E-state index contributed by atoms with van der Waals surface area (Å²) in [4.78, 5) is 15.7. The van der Waals surface area contributed by atoms with Crippen molar-refractivity contribution < 1.29 is 19.4 Å². The molecule has 1 unspecified atom stereocenters. The van der Waals surface area contributed by atoms with Crippen molar-refractivity contribution in [2.24, 2.45) is 4.99 Å². The summed E-state index contributed by atoms with van der Waals surface area (Å²) < 4.78 is 10.9. The lowest BCUT2D eigenvalue weighted by Gasteiger charge is -2.24. The van der Waals surface area contributed by atoms with Gasteiger partial charge in [0, 0.05) is 18.7 Å². The van der Waals surface area contributed by atoms with E-state index in [1.807, 2.05) is 43.3 Å². The molecule has 0 saturated carbocycles. The van der Waals surface area contributed by atoms with Crippen molar-refractivity contribution in [1.82, 2.24) is 0 Å². The van der Waals surface area contributed by atoms with Gasteiger partial charge >= 0.3 is 5.97 Å². The number of rotatable bonds is 8. The number of benzene rings is 2. The molecular formula is C20H23NO4. The van der Waals surface area contributed by atoms with E-state index in [2.05, 4.69) is 4.99 Å². The highest BCUT2D eigenvalue weighted by atomic mass is 16.5. The number of ether oxygens (including phenoxy) is 2. The van der Waals surface area contributed by atoms with E-state index in [9.17, 15) is 9.90 Å². The second-order valence-electron chi connectivity index (χ2n) is 6.07. The monoisotopic (exact) mass is 341 g/mol. The van der Waals surface area contributed by atoms with Crippen LogP contribution in [0.1, 0.15) is 25.0 Å². The normalized spacial score (nSPS) is 13.5. The zero-order valence-corrected chi connectivity index (χ0v) is 14.5. The van der Waals surface area contributed by atoms with Crippen molar-refractivity contribution in [1.29, 1.82) is 0 Å².